The molecule has 6 rings (SSSR count). The number of amides is 4. The molecule has 0 unspecified atom stereocenters. The van der Waals surface area contributed by atoms with Crippen LogP contribution in [0.25, 0.3) is 10.9 Å². The number of carbonyl (C=O) groups excluding carboxylic acids is 3. The van der Waals surface area contributed by atoms with Gasteiger partial charge in [0.1, 0.15) is 24.4 Å². The Morgan fingerprint density at radius 1 is 1.08 bits per heavy atom. The van der Waals surface area contributed by atoms with Crippen molar-refractivity contribution in [3.8, 4) is 0 Å². The summed E-state index contributed by atoms with van der Waals surface area (Å²) in [7, 11) is 0. The first kappa shape index (κ1) is 22.8. The van der Waals surface area contributed by atoms with Gasteiger partial charge in [0.05, 0.1) is 12.0 Å². The van der Waals surface area contributed by atoms with Crippen LogP contribution in [0.5, 0.6) is 0 Å². The lowest BCUT2D eigenvalue weighted by molar-refractivity contribution is -0.138. The van der Waals surface area contributed by atoms with Crippen LogP contribution in [-0.4, -0.2) is 51.0 Å². The SMILES string of the molecule is Cc1ccc(C2=NN(C(=O)CN3C(=O)N[C@@H](Cc4c[nH]c5ccccc45)C3=O)[C@@H](c3ccco3)C2)cc1. The van der Waals surface area contributed by atoms with E-state index < -0.39 is 36.5 Å². The van der Waals surface area contributed by atoms with E-state index in [4.69, 9.17) is 4.42 Å². The minimum absolute atomic E-state index is 0.327. The summed E-state index contributed by atoms with van der Waals surface area (Å²) in [6, 6.07) is 17.5. The van der Waals surface area contributed by atoms with Gasteiger partial charge in [0, 0.05) is 29.9 Å². The molecule has 4 aromatic rings. The molecule has 0 saturated carbocycles. The number of hydrazone groups is 1. The number of nitrogens with one attached hydrogen (secondary N) is 2. The van der Waals surface area contributed by atoms with Crippen molar-refractivity contribution in [3.05, 3.63) is 95.6 Å². The van der Waals surface area contributed by atoms with E-state index in [-0.39, 0.29) is 0 Å². The van der Waals surface area contributed by atoms with E-state index in [1.165, 1.54) is 5.01 Å². The predicted molar refractivity (Wildman–Crippen MR) is 137 cm³/mol. The fourth-order valence-electron chi connectivity index (χ4n) is 4.96. The number of nitrogens with zero attached hydrogens (tertiary/aromatic N) is 3. The third kappa shape index (κ3) is 4.18. The number of imide groups is 1. The first-order valence-electron chi connectivity index (χ1n) is 12.1. The molecule has 4 heterocycles. The second-order valence-corrected chi connectivity index (χ2v) is 9.38. The highest BCUT2D eigenvalue weighted by Crippen LogP contribution is 2.33. The Hall–Kier alpha value is -4.66. The summed E-state index contributed by atoms with van der Waals surface area (Å²) in [4.78, 5) is 43.5. The van der Waals surface area contributed by atoms with Crippen LogP contribution in [0.4, 0.5) is 4.79 Å². The normalized spacial score (nSPS) is 19.5. The molecular weight excluding hydrogens is 470 g/mol. The third-order valence-corrected chi connectivity index (χ3v) is 6.92. The molecule has 0 radical (unpaired) electrons. The Kier molecular flexibility index (Phi) is 5.60. The lowest BCUT2D eigenvalue weighted by Crippen LogP contribution is -2.41. The fourth-order valence-corrected chi connectivity index (χ4v) is 4.96. The van der Waals surface area contributed by atoms with Gasteiger partial charge in [-0.3, -0.25) is 14.5 Å². The van der Waals surface area contributed by atoms with Gasteiger partial charge in [0.2, 0.25) is 0 Å². The van der Waals surface area contributed by atoms with Crippen molar-refractivity contribution < 1.29 is 18.8 Å². The Morgan fingerprint density at radius 3 is 2.68 bits per heavy atom. The number of H-pyrrole nitrogens is 1. The van der Waals surface area contributed by atoms with Crippen molar-refractivity contribution in [2.24, 2.45) is 5.10 Å². The number of para-hydroxylation sites is 1. The number of aromatic amines is 1. The van der Waals surface area contributed by atoms with Crippen LogP contribution in [0.15, 0.2) is 82.6 Å². The summed E-state index contributed by atoms with van der Waals surface area (Å²) in [6.45, 7) is 1.60. The summed E-state index contributed by atoms with van der Waals surface area (Å²) in [5.74, 6) is -0.298. The average molecular weight is 496 g/mol. The van der Waals surface area contributed by atoms with Gasteiger partial charge >= 0.3 is 6.03 Å². The molecule has 9 heteroatoms. The zero-order chi connectivity index (χ0) is 25.5. The lowest BCUT2D eigenvalue weighted by Gasteiger charge is -2.22. The van der Waals surface area contributed by atoms with Crippen molar-refractivity contribution in [1.82, 2.24) is 20.2 Å². The number of aromatic nitrogens is 1. The second-order valence-electron chi connectivity index (χ2n) is 9.38. The summed E-state index contributed by atoms with van der Waals surface area (Å²) in [5.41, 5.74) is 4.66. The Labute approximate surface area is 212 Å². The second kappa shape index (κ2) is 9.09. The van der Waals surface area contributed by atoms with E-state index in [1.54, 1.807) is 18.4 Å². The van der Waals surface area contributed by atoms with Crippen LogP contribution in [0.3, 0.4) is 0 Å². The quantitative estimate of drug-likeness (QED) is 0.395. The minimum atomic E-state index is -0.745. The van der Waals surface area contributed by atoms with Gasteiger partial charge in [0.15, 0.2) is 0 Å². The Morgan fingerprint density at radius 2 is 1.89 bits per heavy atom. The number of fused-ring (bicyclic) bond motifs is 1. The molecule has 2 aliphatic heterocycles. The number of rotatable bonds is 6. The maximum atomic E-state index is 13.4. The standard InChI is InChI=1S/C28H25N5O4/c1-17-8-10-18(11-9-17)22-14-24(25-7-4-12-37-25)33(31-22)26(34)16-32-27(35)23(30-28(32)36)13-19-15-29-21-6-3-2-5-20(19)21/h2-12,15,23-24,29H,13-14,16H2,1H3,(H,30,36)/t23-,24+/m0/s1. The molecule has 2 aliphatic rings. The number of urea groups is 1. The van der Waals surface area contributed by atoms with Gasteiger partial charge in [-0.25, -0.2) is 9.80 Å². The van der Waals surface area contributed by atoms with Gasteiger partial charge in [0.25, 0.3) is 11.8 Å². The Bertz CT molecular complexity index is 1520. The summed E-state index contributed by atoms with van der Waals surface area (Å²) in [5, 5.41) is 9.66. The monoisotopic (exact) mass is 495 g/mol. The zero-order valence-corrected chi connectivity index (χ0v) is 20.2. The molecular formula is C28H25N5O4. The summed E-state index contributed by atoms with van der Waals surface area (Å²) >= 11 is 0. The van der Waals surface area contributed by atoms with Crippen LogP contribution in [-0.2, 0) is 16.0 Å². The summed E-state index contributed by atoms with van der Waals surface area (Å²) in [6.07, 6.45) is 4.19. The molecule has 2 N–H and O–H groups in total. The maximum Gasteiger partial charge on any atom is 0.325 e. The smallest absolute Gasteiger partial charge is 0.325 e. The van der Waals surface area contributed by atoms with E-state index in [1.807, 2.05) is 61.7 Å². The predicted octanol–water partition coefficient (Wildman–Crippen LogP) is 3.91. The van der Waals surface area contributed by atoms with Crippen molar-refractivity contribution >= 4 is 34.5 Å². The van der Waals surface area contributed by atoms with E-state index >= 15 is 0 Å². The third-order valence-electron chi connectivity index (χ3n) is 6.92. The van der Waals surface area contributed by atoms with Gasteiger partial charge in [-0.1, -0.05) is 48.0 Å². The molecule has 2 atom stereocenters. The average Bonchev–Trinajstić information content (AvgIpc) is 3.69. The molecule has 4 amide bonds. The van der Waals surface area contributed by atoms with E-state index in [0.29, 0.717) is 18.6 Å². The molecule has 0 spiro atoms. The van der Waals surface area contributed by atoms with Crippen molar-refractivity contribution in [2.45, 2.75) is 31.8 Å². The van der Waals surface area contributed by atoms with Gasteiger partial charge in [-0.15, -0.1) is 0 Å². The number of furan rings is 1. The number of hydrogen-bond donors (Lipinski definition) is 2. The van der Waals surface area contributed by atoms with Gasteiger partial charge in [-0.05, 0) is 36.2 Å². The van der Waals surface area contributed by atoms with E-state index in [0.717, 1.165) is 38.2 Å². The van der Waals surface area contributed by atoms with Crippen LogP contribution in [0, 0.1) is 6.92 Å². The molecule has 37 heavy (non-hydrogen) atoms. The maximum absolute atomic E-state index is 13.4. The molecule has 1 saturated heterocycles. The van der Waals surface area contributed by atoms with E-state index in [2.05, 4.69) is 15.4 Å². The molecule has 0 aliphatic carbocycles. The number of benzene rings is 2. The number of aryl methyl sites for hydroxylation is 1. The van der Waals surface area contributed by atoms with Crippen LogP contribution >= 0.6 is 0 Å². The molecule has 2 aromatic carbocycles. The highest BCUT2D eigenvalue weighted by atomic mass is 16.3. The number of carbonyl (C=O) groups is 3. The van der Waals surface area contributed by atoms with Gasteiger partial charge < -0.3 is 14.7 Å². The highest BCUT2D eigenvalue weighted by Gasteiger charge is 2.42. The molecule has 2 aromatic heterocycles. The largest absolute Gasteiger partial charge is 0.467 e. The van der Waals surface area contributed by atoms with Crippen molar-refractivity contribution in [3.63, 3.8) is 0 Å². The first-order chi connectivity index (χ1) is 18.0. The molecule has 186 valence electrons. The van der Waals surface area contributed by atoms with Crippen LogP contribution in [0.1, 0.15) is 34.9 Å². The fraction of sp³-hybridized carbons (Fsp3) is 0.214. The Balaban J connectivity index is 1.21. The molecule has 9 nitrogen and oxygen atoms in total. The lowest BCUT2D eigenvalue weighted by atomic mass is 10.0. The zero-order valence-electron chi connectivity index (χ0n) is 20.2. The topological polar surface area (TPSA) is 111 Å². The van der Waals surface area contributed by atoms with Gasteiger partial charge in [-0.2, -0.15) is 5.10 Å². The van der Waals surface area contributed by atoms with Crippen LogP contribution in [0.2, 0.25) is 0 Å². The number of hydrogen-bond acceptors (Lipinski definition) is 5. The molecule has 0 bridgehead atoms. The molecule has 1 fully saturated rings. The van der Waals surface area contributed by atoms with Crippen molar-refractivity contribution in [1.29, 1.82) is 0 Å². The van der Waals surface area contributed by atoms with E-state index in [9.17, 15) is 14.4 Å². The minimum Gasteiger partial charge on any atom is -0.467 e. The first-order valence-corrected chi connectivity index (χ1v) is 12.1. The summed E-state index contributed by atoms with van der Waals surface area (Å²) < 4.78 is 5.59. The van der Waals surface area contributed by atoms with Crippen LogP contribution < -0.4 is 5.32 Å². The van der Waals surface area contributed by atoms with Crippen molar-refractivity contribution in [2.75, 3.05) is 6.54 Å². The highest BCUT2D eigenvalue weighted by molar-refractivity contribution is 6.07.